The number of aromatic nitrogens is 1. The first-order chi connectivity index (χ1) is 13.6. The molecule has 0 bridgehead atoms. The molecule has 1 heterocycles. The van der Waals surface area contributed by atoms with Crippen molar-refractivity contribution in [3.63, 3.8) is 0 Å². The lowest BCUT2D eigenvalue weighted by atomic mass is 10.2. The van der Waals surface area contributed by atoms with Crippen LogP contribution in [0.25, 0.3) is 0 Å². The lowest BCUT2D eigenvalue weighted by Gasteiger charge is -2.11. The van der Waals surface area contributed by atoms with E-state index in [1.54, 1.807) is 0 Å². The molecule has 0 aliphatic rings. The number of rotatable bonds is 5. The van der Waals surface area contributed by atoms with Crippen molar-refractivity contribution in [1.82, 2.24) is 4.57 Å². The Morgan fingerprint density at radius 1 is 1.10 bits per heavy atom. The van der Waals surface area contributed by atoms with Gasteiger partial charge in [0, 0.05) is 28.5 Å². The van der Waals surface area contributed by atoms with Crippen LogP contribution in [-0.2, 0) is 16.6 Å². The van der Waals surface area contributed by atoms with Gasteiger partial charge in [-0.05, 0) is 42.5 Å². The minimum absolute atomic E-state index is 0.0918. The fourth-order valence-electron chi connectivity index (χ4n) is 2.57. The van der Waals surface area contributed by atoms with Crippen molar-refractivity contribution >= 4 is 33.2 Å². The number of carbonyl (C=O) groups is 1. The predicted octanol–water partition coefficient (Wildman–Crippen LogP) is 2.59. The monoisotopic (exact) mass is 435 g/mol. The number of anilines is 1. The molecule has 2 aromatic carbocycles. The molecule has 1 amide bonds. The van der Waals surface area contributed by atoms with Gasteiger partial charge in [0.15, 0.2) is 0 Å². The molecule has 1 aromatic heterocycles. The summed E-state index contributed by atoms with van der Waals surface area (Å²) < 4.78 is 37.7. The van der Waals surface area contributed by atoms with Crippen LogP contribution >= 0.6 is 11.6 Å². The second-order valence-electron chi connectivity index (χ2n) is 6.11. The number of amides is 1. The Morgan fingerprint density at radius 2 is 1.79 bits per heavy atom. The average Bonchev–Trinajstić information content (AvgIpc) is 2.66. The fourth-order valence-corrected chi connectivity index (χ4v) is 3.31. The molecule has 0 saturated carbocycles. The highest BCUT2D eigenvalue weighted by molar-refractivity contribution is 7.89. The Kier molecular flexibility index (Phi) is 5.83. The SMILES string of the molecule is NS(=O)(=O)c1ccc(NC(=O)c2ccc(=O)n(Cc3c(F)cccc3Cl)c2)cc1. The van der Waals surface area contributed by atoms with E-state index in [1.165, 1.54) is 65.4 Å². The van der Waals surface area contributed by atoms with Crippen LogP contribution in [0, 0.1) is 5.82 Å². The molecular weight excluding hydrogens is 421 g/mol. The van der Waals surface area contributed by atoms with Crippen molar-refractivity contribution in [3.05, 3.63) is 93.1 Å². The quantitative estimate of drug-likeness (QED) is 0.641. The summed E-state index contributed by atoms with van der Waals surface area (Å²) in [5.41, 5.74) is 0.177. The summed E-state index contributed by atoms with van der Waals surface area (Å²) in [7, 11) is -3.84. The van der Waals surface area contributed by atoms with Gasteiger partial charge in [0.2, 0.25) is 10.0 Å². The lowest BCUT2D eigenvalue weighted by Crippen LogP contribution is -2.23. The molecule has 7 nitrogen and oxygen atoms in total. The number of primary sulfonamides is 1. The number of sulfonamides is 1. The highest BCUT2D eigenvalue weighted by Crippen LogP contribution is 2.20. The molecule has 0 aliphatic heterocycles. The highest BCUT2D eigenvalue weighted by Gasteiger charge is 2.13. The van der Waals surface area contributed by atoms with Crippen LogP contribution < -0.4 is 16.0 Å². The van der Waals surface area contributed by atoms with Gasteiger partial charge in [-0.3, -0.25) is 9.59 Å². The van der Waals surface area contributed by atoms with Crippen LogP contribution in [0.1, 0.15) is 15.9 Å². The number of nitrogens with zero attached hydrogens (tertiary/aromatic N) is 1. The highest BCUT2D eigenvalue weighted by atomic mass is 35.5. The minimum atomic E-state index is -3.84. The molecule has 0 spiro atoms. The minimum Gasteiger partial charge on any atom is -0.322 e. The van der Waals surface area contributed by atoms with Crippen LogP contribution in [0.15, 0.2) is 70.5 Å². The van der Waals surface area contributed by atoms with E-state index >= 15 is 0 Å². The summed E-state index contributed by atoms with van der Waals surface area (Å²) in [5, 5.41) is 7.78. The van der Waals surface area contributed by atoms with Crippen molar-refractivity contribution in [2.75, 3.05) is 5.32 Å². The number of carbonyl (C=O) groups excluding carboxylic acids is 1. The third kappa shape index (κ3) is 4.89. The van der Waals surface area contributed by atoms with Crippen LogP contribution in [0.2, 0.25) is 5.02 Å². The Balaban J connectivity index is 1.83. The maximum Gasteiger partial charge on any atom is 0.257 e. The molecule has 0 fully saturated rings. The van der Waals surface area contributed by atoms with Gasteiger partial charge < -0.3 is 9.88 Å². The van der Waals surface area contributed by atoms with Gasteiger partial charge in [-0.1, -0.05) is 17.7 Å². The first-order valence-corrected chi connectivity index (χ1v) is 10.1. The van der Waals surface area contributed by atoms with E-state index in [1.807, 2.05) is 0 Å². The van der Waals surface area contributed by atoms with E-state index in [0.717, 1.165) is 0 Å². The summed E-state index contributed by atoms with van der Waals surface area (Å²) in [4.78, 5) is 24.5. The van der Waals surface area contributed by atoms with Gasteiger partial charge in [-0.25, -0.2) is 17.9 Å². The topological polar surface area (TPSA) is 111 Å². The second-order valence-corrected chi connectivity index (χ2v) is 8.08. The molecule has 0 aliphatic carbocycles. The summed E-state index contributed by atoms with van der Waals surface area (Å²) in [6.07, 6.45) is 1.29. The van der Waals surface area contributed by atoms with Crippen molar-refractivity contribution in [2.45, 2.75) is 11.4 Å². The molecule has 0 unspecified atom stereocenters. The molecule has 0 saturated heterocycles. The Bertz CT molecular complexity index is 1220. The van der Waals surface area contributed by atoms with Crippen molar-refractivity contribution in [2.24, 2.45) is 5.14 Å². The number of benzene rings is 2. The largest absolute Gasteiger partial charge is 0.322 e. The van der Waals surface area contributed by atoms with Crippen LogP contribution in [0.4, 0.5) is 10.1 Å². The molecule has 0 radical (unpaired) electrons. The van der Waals surface area contributed by atoms with Crippen molar-refractivity contribution < 1.29 is 17.6 Å². The van der Waals surface area contributed by atoms with E-state index in [9.17, 15) is 22.4 Å². The molecule has 150 valence electrons. The molecule has 0 atom stereocenters. The number of pyridine rings is 1. The second kappa shape index (κ2) is 8.16. The zero-order chi connectivity index (χ0) is 21.2. The number of nitrogens with two attached hydrogens (primary N) is 1. The first kappa shape index (κ1) is 20.7. The maximum absolute atomic E-state index is 14.0. The van der Waals surface area contributed by atoms with Crippen LogP contribution in [-0.4, -0.2) is 18.9 Å². The van der Waals surface area contributed by atoms with Crippen LogP contribution in [0.3, 0.4) is 0 Å². The van der Waals surface area contributed by atoms with Gasteiger partial charge in [-0.15, -0.1) is 0 Å². The van der Waals surface area contributed by atoms with E-state index in [4.69, 9.17) is 16.7 Å². The van der Waals surface area contributed by atoms with Gasteiger partial charge in [0.05, 0.1) is 17.0 Å². The van der Waals surface area contributed by atoms with E-state index in [-0.39, 0.29) is 27.6 Å². The van der Waals surface area contributed by atoms with E-state index in [0.29, 0.717) is 5.69 Å². The molecule has 3 rings (SSSR count). The number of hydrogen-bond donors (Lipinski definition) is 2. The van der Waals surface area contributed by atoms with Gasteiger partial charge in [0.25, 0.3) is 11.5 Å². The third-order valence-corrected chi connectivity index (χ3v) is 5.36. The predicted molar refractivity (Wildman–Crippen MR) is 107 cm³/mol. The number of hydrogen-bond acceptors (Lipinski definition) is 4. The zero-order valence-corrected chi connectivity index (χ0v) is 16.4. The summed E-state index contributed by atoms with van der Waals surface area (Å²) in [6.45, 7) is -0.144. The lowest BCUT2D eigenvalue weighted by molar-refractivity contribution is 0.102. The van der Waals surface area contributed by atoms with Gasteiger partial charge in [-0.2, -0.15) is 0 Å². The smallest absolute Gasteiger partial charge is 0.257 e. The molecule has 29 heavy (non-hydrogen) atoms. The molecular formula is C19H15ClFN3O4S. The zero-order valence-electron chi connectivity index (χ0n) is 14.8. The fraction of sp³-hybridized carbons (Fsp3) is 0.0526. The number of nitrogens with one attached hydrogen (secondary N) is 1. The third-order valence-electron chi connectivity index (χ3n) is 4.08. The van der Waals surface area contributed by atoms with Gasteiger partial charge >= 0.3 is 0 Å². The van der Waals surface area contributed by atoms with E-state index in [2.05, 4.69) is 5.32 Å². The molecule has 3 aromatic rings. The van der Waals surface area contributed by atoms with E-state index < -0.39 is 27.3 Å². The summed E-state index contributed by atoms with van der Waals surface area (Å²) >= 11 is 6.00. The Labute approximate surface area is 170 Å². The summed E-state index contributed by atoms with van der Waals surface area (Å²) in [5.74, 6) is -1.10. The molecule has 3 N–H and O–H groups in total. The van der Waals surface area contributed by atoms with Gasteiger partial charge in [0.1, 0.15) is 5.82 Å². The first-order valence-electron chi connectivity index (χ1n) is 8.23. The Morgan fingerprint density at radius 3 is 2.41 bits per heavy atom. The standard InChI is InChI=1S/C19H15ClFN3O4S/c20-16-2-1-3-17(21)15(16)11-24-10-12(4-9-18(24)25)19(26)23-13-5-7-14(8-6-13)29(22,27)28/h1-10H,11H2,(H,23,26)(H2,22,27,28). The Hall–Kier alpha value is -3.01. The normalized spacial score (nSPS) is 11.3. The van der Waals surface area contributed by atoms with Crippen LogP contribution in [0.5, 0.6) is 0 Å². The molecule has 10 heteroatoms. The maximum atomic E-state index is 14.0. The summed E-state index contributed by atoms with van der Waals surface area (Å²) in [6, 6.07) is 12.0. The van der Waals surface area contributed by atoms with Crippen molar-refractivity contribution in [3.8, 4) is 0 Å². The number of halogens is 2. The van der Waals surface area contributed by atoms with Crippen molar-refractivity contribution in [1.29, 1.82) is 0 Å². The average molecular weight is 436 g/mol.